The van der Waals surface area contributed by atoms with E-state index < -0.39 is 0 Å². The Morgan fingerprint density at radius 1 is 1.19 bits per heavy atom. The van der Waals surface area contributed by atoms with E-state index in [1.54, 1.807) is 0 Å². The fraction of sp³-hybridized carbons (Fsp3) is 0.619. The van der Waals surface area contributed by atoms with Gasteiger partial charge in [-0.25, -0.2) is 0 Å². The fourth-order valence-corrected chi connectivity index (χ4v) is 3.45. The third-order valence-corrected chi connectivity index (χ3v) is 5.44. The molecule has 1 aliphatic rings. The summed E-state index contributed by atoms with van der Waals surface area (Å²) in [5, 5.41) is 3.10. The maximum Gasteiger partial charge on any atom is 0.309 e. The molecule has 1 heterocycles. The highest BCUT2D eigenvalue weighted by Gasteiger charge is 2.30. The van der Waals surface area contributed by atoms with E-state index in [1.807, 2.05) is 32.0 Å². The number of piperidine rings is 1. The van der Waals surface area contributed by atoms with Crippen molar-refractivity contribution in [1.29, 1.82) is 0 Å². The van der Waals surface area contributed by atoms with Crippen molar-refractivity contribution in [3.05, 3.63) is 29.8 Å². The number of carbonyl (C=O) groups is 2. The fourth-order valence-electron chi connectivity index (χ4n) is 3.45. The number of amides is 1. The molecule has 1 aromatic carbocycles. The molecule has 26 heavy (non-hydrogen) atoms. The second-order valence-corrected chi connectivity index (χ2v) is 7.12. The van der Waals surface area contributed by atoms with Gasteiger partial charge in [0.25, 0.3) is 0 Å². The van der Waals surface area contributed by atoms with Gasteiger partial charge in [-0.1, -0.05) is 32.0 Å². The number of nitrogens with one attached hydrogen (secondary N) is 1. The standard InChI is InChI=1S/C21H32N2O3/c1-5-15(3)18-9-7-8-10-19(18)22-20(24)16(4)23-13-11-17(12-14-23)21(25)26-6-2/h7-10,15-17H,5-6,11-14H2,1-4H3,(H,22,24). The third kappa shape index (κ3) is 5.07. The SMILES string of the molecule is CCOC(=O)C1CCN(C(C)C(=O)Nc2ccccc2C(C)CC)CC1. The summed E-state index contributed by atoms with van der Waals surface area (Å²) >= 11 is 0. The molecule has 1 fully saturated rings. The minimum absolute atomic E-state index is 0.00957. The Bertz CT molecular complexity index is 609. The van der Waals surface area contributed by atoms with Crippen LogP contribution < -0.4 is 5.32 Å². The topological polar surface area (TPSA) is 58.6 Å². The Morgan fingerprint density at radius 3 is 2.46 bits per heavy atom. The lowest BCUT2D eigenvalue weighted by Gasteiger charge is -2.34. The van der Waals surface area contributed by atoms with Gasteiger partial charge >= 0.3 is 5.97 Å². The first-order valence-corrected chi connectivity index (χ1v) is 9.78. The molecular formula is C21H32N2O3. The molecule has 0 saturated carbocycles. The molecule has 1 N–H and O–H groups in total. The normalized spacial score (nSPS) is 18.2. The van der Waals surface area contributed by atoms with Gasteiger partial charge in [-0.05, 0) is 63.7 Å². The molecule has 1 saturated heterocycles. The number of anilines is 1. The molecule has 0 spiro atoms. The molecule has 5 heteroatoms. The number of para-hydroxylation sites is 1. The zero-order valence-electron chi connectivity index (χ0n) is 16.5. The van der Waals surface area contributed by atoms with Gasteiger partial charge in [-0.3, -0.25) is 14.5 Å². The third-order valence-electron chi connectivity index (χ3n) is 5.44. The number of carbonyl (C=O) groups excluding carboxylic acids is 2. The van der Waals surface area contributed by atoms with Crippen LogP contribution in [0.5, 0.6) is 0 Å². The van der Waals surface area contributed by atoms with E-state index in [0.29, 0.717) is 12.5 Å². The smallest absolute Gasteiger partial charge is 0.309 e. The van der Waals surface area contributed by atoms with E-state index in [4.69, 9.17) is 4.74 Å². The minimum atomic E-state index is -0.219. The molecule has 2 rings (SSSR count). The van der Waals surface area contributed by atoms with Crippen LogP contribution >= 0.6 is 0 Å². The summed E-state index contributed by atoms with van der Waals surface area (Å²) in [6, 6.07) is 7.80. The predicted molar refractivity (Wildman–Crippen MR) is 104 cm³/mol. The van der Waals surface area contributed by atoms with Gasteiger partial charge in [0, 0.05) is 5.69 Å². The molecule has 1 aromatic rings. The van der Waals surface area contributed by atoms with Crippen molar-refractivity contribution in [3.8, 4) is 0 Å². The van der Waals surface area contributed by atoms with Crippen LogP contribution in [0.4, 0.5) is 5.69 Å². The van der Waals surface area contributed by atoms with Crippen LogP contribution in [-0.4, -0.2) is 42.5 Å². The molecule has 2 atom stereocenters. The summed E-state index contributed by atoms with van der Waals surface area (Å²) in [4.78, 5) is 26.8. The maximum atomic E-state index is 12.7. The van der Waals surface area contributed by atoms with E-state index in [1.165, 1.54) is 5.56 Å². The zero-order chi connectivity index (χ0) is 19.1. The molecule has 144 valence electrons. The van der Waals surface area contributed by atoms with Crippen molar-refractivity contribution in [2.75, 3.05) is 25.0 Å². The highest BCUT2D eigenvalue weighted by Crippen LogP contribution is 2.27. The molecule has 0 aromatic heterocycles. The second kappa shape index (κ2) is 9.72. The van der Waals surface area contributed by atoms with E-state index in [2.05, 4.69) is 30.1 Å². The van der Waals surface area contributed by atoms with Crippen LogP contribution in [0, 0.1) is 5.92 Å². The molecule has 2 unspecified atom stereocenters. The van der Waals surface area contributed by atoms with Crippen molar-refractivity contribution in [3.63, 3.8) is 0 Å². The predicted octanol–water partition coefficient (Wildman–Crippen LogP) is 3.80. The Kier molecular flexibility index (Phi) is 7.64. The first kappa shape index (κ1) is 20.4. The van der Waals surface area contributed by atoms with E-state index in [0.717, 1.165) is 38.0 Å². The Morgan fingerprint density at radius 2 is 1.85 bits per heavy atom. The Labute approximate surface area is 157 Å². The van der Waals surface area contributed by atoms with Crippen LogP contribution in [-0.2, 0) is 14.3 Å². The van der Waals surface area contributed by atoms with Crippen LogP contribution in [0.15, 0.2) is 24.3 Å². The monoisotopic (exact) mass is 360 g/mol. The van der Waals surface area contributed by atoms with Crippen molar-refractivity contribution in [2.45, 2.75) is 58.9 Å². The lowest BCUT2D eigenvalue weighted by Crippen LogP contribution is -2.47. The summed E-state index contributed by atoms with van der Waals surface area (Å²) in [5.41, 5.74) is 2.08. The first-order valence-electron chi connectivity index (χ1n) is 9.78. The van der Waals surface area contributed by atoms with E-state index in [-0.39, 0.29) is 23.8 Å². The summed E-state index contributed by atoms with van der Waals surface area (Å²) in [5.74, 6) is 0.275. The average Bonchev–Trinajstić information content (AvgIpc) is 2.67. The van der Waals surface area contributed by atoms with Gasteiger partial charge in [0.1, 0.15) is 0 Å². The number of hydrogen-bond acceptors (Lipinski definition) is 4. The number of hydrogen-bond donors (Lipinski definition) is 1. The van der Waals surface area contributed by atoms with Crippen LogP contribution in [0.1, 0.15) is 58.4 Å². The molecule has 5 nitrogen and oxygen atoms in total. The summed E-state index contributed by atoms with van der Waals surface area (Å²) < 4.78 is 5.11. The number of ether oxygens (including phenoxy) is 1. The Balaban J connectivity index is 1.94. The van der Waals surface area contributed by atoms with Crippen LogP contribution in [0.3, 0.4) is 0 Å². The summed E-state index contributed by atoms with van der Waals surface area (Å²) in [6.45, 7) is 10.0. The molecule has 1 aliphatic heterocycles. The van der Waals surface area contributed by atoms with Crippen molar-refractivity contribution < 1.29 is 14.3 Å². The number of rotatable bonds is 7. The second-order valence-electron chi connectivity index (χ2n) is 7.12. The molecule has 0 bridgehead atoms. The van der Waals surface area contributed by atoms with Crippen molar-refractivity contribution >= 4 is 17.6 Å². The van der Waals surface area contributed by atoms with Gasteiger partial charge in [0.05, 0.1) is 18.6 Å². The van der Waals surface area contributed by atoms with Gasteiger partial charge in [0.2, 0.25) is 5.91 Å². The molecule has 0 aliphatic carbocycles. The summed E-state index contributed by atoms with van der Waals surface area (Å²) in [7, 11) is 0. The maximum absolute atomic E-state index is 12.7. The molecule has 1 amide bonds. The van der Waals surface area contributed by atoms with Crippen molar-refractivity contribution in [1.82, 2.24) is 4.90 Å². The average molecular weight is 360 g/mol. The molecular weight excluding hydrogens is 328 g/mol. The lowest BCUT2D eigenvalue weighted by atomic mass is 9.95. The van der Waals surface area contributed by atoms with Gasteiger partial charge < -0.3 is 10.1 Å². The van der Waals surface area contributed by atoms with E-state index in [9.17, 15) is 9.59 Å². The van der Waals surface area contributed by atoms with Crippen LogP contribution in [0.25, 0.3) is 0 Å². The number of nitrogens with zero attached hydrogens (tertiary/aromatic N) is 1. The van der Waals surface area contributed by atoms with E-state index >= 15 is 0 Å². The lowest BCUT2D eigenvalue weighted by molar-refractivity contribution is -0.149. The molecule has 0 radical (unpaired) electrons. The van der Waals surface area contributed by atoms with Crippen LogP contribution in [0.2, 0.25) is 0 Å². The quantitative estimate of drug-likeness (QED) is 0.752. The van der Waals surface area contributed by atoms with Gasteiger partial charge in [0.15, 0.2) is 0 Å². The first-order chi connectivity index (χ1) is 12.5. The van der Waals surface area contributed by atoms with Gasteiger partial charge in [-0.2, -0.15) is 0 Å². The Hall–Kier alpha value is -1.88. The largest absolute Gasteiger partial charge is 0.466 e. The highest BCUT2D eigenvalue weighted by atomic mass is 16.5. The highest BCUT2D eigenvalue weighted by molar-refractivity contribution is 5.95. The minimum Gasteiger partial charge on any atom is -0.466 e. The zero-order valence-corrected chi connectivity index (χ0v) is 16.5. The van der Waals surface area contributed by atoms with Crippen molar-refractivity contribution in [2.24, 2.45) is 5.92 Å². The summed E-state index contributed by atoms with van der Waals surface area (Å²) in [6.07, 6.45) is 2.53. The number of esters is 1. The number of benzene rings is 1. The number of likely N-dealkylation sites (tertiary alicyclic amines) is 1. The van der Waals surface area contributed by atoms with Gasteiger partial charge in [-0.15, -0.1) is 0 Å².